The molecule has 5 heteroatoms. The van der Waals surface area contributed by atoms with Crippen LogP contribution in [0.5, 0.6) is 0 Å². The first-order chi connectivity index (χ1) is 11.5. The van der Waals surface area contributed by atoms with Gasteiger partial charge in [0.25, 0.3) is 0 Å². The Balaban J connectivity index is 2.23. The Morgan fingerprint density at radius 2 is 1.92 bits per heavy atom. The number of rotatable bonds is 9. The summed E-state index contributed by atoms with van der Waals surface area (Å²) < 4.78 is 0. The van der Waals surface area contributed by atoms with Crippen molar-refractivity contribution >= 4 is 5.96 Å². The molecule has 0 radical (unpaired) electrons. The second-order valence-corrected chi connectivity index (χ2v) is 7.56. The average Bonchev–Trinajstić information content (AvgIpc) is 2.56. The maximum absolute atomic E-state index is 4.37. The Kier molecular flexibility index (Phi) is 10.3. The van der Waals surface area contributed by atoms with Gasteiger partial charge in [-0.3, -0.25) is 9.89 Å². The van der Waals surface area contributed by atoms with Crippen LogP contribution in [-0.4, -0.2) is 74.2 Å². The van der Waals surface area contributed by atoms with Crippen molar-refractivity contribution in [2.24, 2.45) is 10.9 Å². The van der Waals surface area contributed by atoms with E-state index >= 15 is 0 Å². The van der Waals surface area contributed by atoms with E-state index in [1.807, 2.05) is 7.05 Å². The Morgan fingerprint density at radius 1 is 1.21 bits per heavy atom. The minimum atomic E-state index is 0.607. The molecule has 0 aromatic carbocycles. The van der Waals surface area contributed by atoms with E-state index in [4.69, 9.17) is 0 Å². The first-order valence-electron chi connectivity index (χ1n) is 9.90. The number of nitrogens with zero attached hydrogens (tertiary/aromatic N) is 3. The van der Waals surface area contributed by atoms with Crippen LogP contribution in [0, 0.1) is 5.92 Å². The van der Waals surface area contributed by atoms with E-state index in [2.05, 4.69) is 60.0 Å². The second-order valence-electron chi connectivity index (χ2n) is 7.56. The van der Waals surface area contributed by atoms with Crippen molar-refractivity contribution < 1.29 is 0 Å². The van der Waals surface area contributed by atoms with Crippen LogP contribution in [0.1, 0.15) is 53.9 Å². The molecule has 0 saturated carbocycles. The highest BCUT2D eigenvalue weighted by atomic mass is 15.2. The molecule has 0 aromatic rings. The van der Waals surface area contributed by atoms with E-state index < -0.39 is 0 Å². The smallest absolute Gasteiger partial charge is 0.190 e. The molecule has 2 N–H and O–H groups in total. The summed E-state index contributed by atoms with van der Waals surface area (Å²) in [5.74, 6) is 1.69. The van der Waals surface area contributed by atoms with E-state index in [0.717, 1.165) is 37.9 Å². The van der Waals surface area contributed by atoms with Crippen LogP contribution in [0.3, 0.4) is 0 Å². The zero-order valence-corrected chi connectivity index (χ0v) is 16.9. The third-order valence-electron chi connectivity index (χ3n) is 5.04. The van der Waals surface area contributed by atoms with Gasteiger partial charge in [0.15, 0.2) is 5.96 Å². The van der Waals surface area contributed by atoms with Crippen molar-refractivity contribution in [2.45, 2.75) is 66.0 Å². The molecule has 0 spiro atoms. The van der Waals surface area contributed by atoms with Gasteiger partial charge in [-0.25, -0.2) is 0 Å². The van der Waals surface area contributed by atoms with Crippen molar-refractivity contribution in [1.29, 1.82) is 0 Å². The second kappa shape index (κ2) is 11.7. The molecule has 24 heavy (non-hydrogen) atoms. The number of hydrogen-bond acceptors (Lipinski definition) is 3. The van der Waals surface area contributed by atoms with Gasteiger partial charge in [0.2, 0.25) is 0 Å². The minimum absolute atomic E-state index is 0.607. The zero-order valence-electron chi connectivity index (χ0n) is 16.9. The van der Waals surface area contributed by atoms with E-state index in [0.29, 0.717) is 12.1 Å². The van der Waals surface area contributed by atoms with Crippen molar-refractivity contribution in [3.63, 3.8) is 0 Å². The molecule has 0 bridgehead atoms. The van der Waals surface area contributed by atoms with Gasteiger partial charge in [0.05, 0.1) is 0 Å². The minimum Gasteiger partial charge on any atom is -0.356 e. The standard InChI is InChI=1S/C19H41N5/c1-7-23-12-8-10-18(15-23)14-22-19(20-6)21-11-9-13-24(16(2)3)17(4)5/h16-18H,7-15H2,1-6H3,(H2,20,21,22). The Labute approximate surface area is 150 Å². The third kappa shape index (κ3) is 7.84. The molecular weight excluding hydrogens is 298 g/mol. The lowest BCUT2D eigenvalue weighted by molar-refractivity contribution is 0.173. The predicted molar refractivity (Wildman–Crippen MR) is 106 cm³/mol. The third-order valence-corrected chi connectivity index (χ3v) is 5.04. The fraction of sp³-hybridized carbons (Fsp3) is 0.947. The van der Waals surface area contributed by atoms with Crippen molar-refractivity contribution in [3.05, 3.63) is 0 Å². The molecule has 5 nitrogen and oxygen atoms in total. The first-order valence-corrected chi connectivity index (χ1v) is 9.90. The summed E-state index contributed by atoms with van der Waals surface area (Å²) in [5, 5.41) is 6.98. The van der Waals surface area contributed by atoms with Crippen LogP contribution in [0.25, 0.3) is 0 Å². The number of nitrogens with one attached hydrogen (secondary N) is 2. The highest BCUT2D eigenvalue weighted by Gasteiger charge is 2.18. The topological polar surface area (TPSA) is 42.9 Å². The molecule has 142 valence electrons. The van der Waals surface area contributed by atoms with Crippen LogP contribution in [0.2, 0.25) is 0 Å². The summed E-state index contributed by atoms with van der Waals surface area (Å²) in [7, 11) is 1.86. The van der Waals surface area contributed by atoms with Crippen LogP contribution in [0.15, 0.2) is 4.99 Å². The Bertz CT molecular complexity index is 346. The largest absolute Gasteiger partial charge is 0.356 e. The normalized spacial score (nSPS) is 20.2. The van der Waals surface area contributed by atoms with E-state index in [9.17, 15) is 0 Å². The van der Waals surface area contributed by atoms with E-state index in [-0.39, 0.29) is 0 Å². The molecule has 1 aliphatic rings. The number of hydrogen-bond donors (Lipinski definition) is 2. The van der Waals surface area contributed by atoms with Crippen LogP contribution >= 0.6 is 0 Å². The maximum atomic E-state index is 4.37. The molecule has 1 fully saturated rings. The molecule has 1 atom stereocenters. The van der Waals surface area contributed by atoms with Gasteiger partial charge in [-0.15, -0.1) is 0 Å². The number of likely N-dealkylation sites (tertiary alicyclic amines) is 1. The zero-order chi connectivity index (χ0) is 17.9. The fourth-order valence-electron chi connectivity index (χ4n) is 3.65. The summed E-state index contributed by atoms with van der Waals surface area (Å²) in [6.45, 7) is 18.2. The molecule has 0 aromatic heterocycles. The number of piperidine rings is 1. The van der Waals surface area contributed by atoms with Crippen molar-refractivity contribution in [1.82, 2.24) is 20.4 Å². The molecule has 1 rings (SSSR count). The molecule has 0 aliphatic carbocycles. The van der Waals surface area contributed by atoms with E-state index in [1.165, 1.54) is 32.5 Å². The molecule has 1 heterocycles. The lowest BCUT2D eigenvalue weighted by Gasteiger charge is -2.32. The Hall–Kier alpha value is -0.810. The van der Waals surface area contributed by atoms with Gasteiger partial charge in [0, 0.05) is 45.3 Å². The van der Waals surface area contributed by atoms with Crippen LogP contribution < -0.4 is 10.6 Å². The predicted octanol–water partition coefficient (Wildman–Crippen LogP) is 2.39. The SMILES string of the molecule is CCN1CCCC(CNC(=NC)NCCCN(C(C)C)C(C)C)C1. The fourth-order valence-corrected chi connectivity index (χ4v) is 3.65. The molecule has 1 saturated heterocycles. The Morgan fingerprint density at radius 3 is 2.50 bits per heavy atom. The lowest BCUT2D eigenvalue weighted by Crippen LogP contribution is -2.45. The summed E-state index contributed by atoms with van der Waals surface area (Å²) in [5.41, 5.74) is 0. The van der Waals surface area contributed by atoms with Gasteiger partial charge < -0.3 is 15.5 Å². The maximum Gasteiger partial charge on any atom is 0.190 e. The average molecular weight is 340 g/mol. The first kappa shape index (κ1) is 21.2. The van der Waals surface area contributed by atoms with Crippen molar-refractivity contribution in [2.75, 3.05) is 46.3 Å². The van der Waals surface area contributed by atoms with Crippen molar-refractivity contribution in [3.8, 4) is 0 Å². The molecule has 0 amide bonds. The number of guanidine groups is 1. The van der Waals surface area contributed by atoms with Gasteiger partial charge >= 0.3 is 0 Å². The monoisotopic (exact) mass is 339 g/mol. The lowest BCUT2D eigenvalue weighted by atomic mass is 9.98. The summed E-state index contributed by atoms with van der Waals surface area (Å²) in [4.78, 5) is 9.46. The molecule has 1 unspecified atom stereocenters. The summed E-state index contributed by atoms with van der Waals surface area (Å²) in [6.07, 6.45) is 3.80. The van der Waals surface area contributed by atoms with Gasteiger partial charge in [0.1, 0.15) is 0 Å². The van der Waals surface area contributed by atoms with Crippen LogP contribution in [-0.2, 0) is 0 Å². The van der Waals surface area contributed by atoms with Gasteiger partial charge in [-0.1, -0.05) is 6.92 Å². The van der Waals surface area contributed by atoms with Crippen LogP contribution in [0.4, 0.5) is 0 Å². The van der Waals surface area contributed by atoms with Gasteiger partial charge in [-0.2, -0.15) is 0 Å². The summed E-state index contributed by atoms with van der Waals surface area (Å²) in [6, 6.07) is 1.21. The highest BCUT2D eigenvalue weighted by Crippen LogP contribution is 2.15. The highest BCUT2D eigenvalue weighted by molar-refractivity contribution is 5.79. The molecule has 1 aliphatic heterocycles. The molecular formula is C19H41N5. The quantitative estimate of drug-likeness (QED) is 0.385. The number of aliphatic imine (C=N–C) groups is 1. The summed E-state index contributed by atoms with van der Waals surface area (Å²) >= 11 is 0. The van der Waals surface area contributed by atoms with Gasteiger partial charge in [-0.05, 0) is 66.0 Å². The van der Waals surface area contributed by atoms with E-state index in [1.54, 1.807) is 0 Å².